The number of nitrogens with zero attached hydrogens (tertiary/aromatic N) is 5. The van der Waals surface area contributed by atoms with Crippen LogP contribution in [0.25, 0.3) is 5.52 Å². The van der Waals surface area contributed by atoms with E-state index >= 15 is 0 Å². The maximum absolute atomic E-state index is 12.7. The van der Waals surface area contributed by atoms with Crippen LogP contribution in [0.2, 0.25) is 5.02 Å². The second-order valence-electron chi connectivity index (χ2n) is 4.36. The van der Waals surface area contributed by atoms with Crippen LogP contribution in [0.4, 0.5) is 0 Å². The number of rotatable bonds is 4. The van der Waals surface area contributed by atoms with Crippen molar-refractivity contribution in [1.29, 1.82) is 0 Å². The molecule has 0 aliphatic rings. The summed E-state index contributed by atoms with van der Waals surface area (Å²) in [5.41, 5.74) is 1.52. The zero-order valence-corrected chi connectivity index (χ0v) is 11.6. The number of aromatic nitrogens is 5. The van der Waals surface area contributed by atoms with Crippen LogP contribution in [0.3, 0.4) is 0 Å². The molecule has 3 aromatic rings. The van der Waals surface area contributed by atoms with E-state index in [9.17, 15) is 4.79 Å². The lowest BCUT2D eigenvalue weighted by Crippen LogP contribution is -2.12. The van der Waals surface area contributed by atoms with Crippen LogP contribution in [-0.2, 0) is 6.54 Å². The predicted molar refractivity (Wildman–Crippen MR) is 73.9 cm³/mol. The van der Waals surface area contributed by atoms with Crippen LogP contribution in [-0.4, -0.2) is 30.2 Å². The van der Waals surface area contributed by atoms with Crippen LogP contribution in [0.1, 0.15) is 29.4 Å². The quantitative estimate of drug-likeness (QED) is 0.691. The Balaban J connectivity index is 2.11. The molecule has 102 valence electrons. The van der Waals surface area contributed by atoms with E-state index < -0.39 is 0 Å². The topological polar surface area (TPSA) is 65.1 Å². The third-order valence-corrected chi connectivity index (χ3v) is 3.29. The van der Waals surface area contributed by atoms with Crippen molar-refractivity contribution in [3.63, 3.8) is 0 Å². The van der Waals surface area contributed by atoms with Gasteiger partial charge in [-0.2, -0.15) is 10.2 Å². The number of halogens is 1. The average molecular weight is 290 g/mol. The van der Waals surface area contributed by atoms with E-state index in [0.29, 0.717) is 28.3 Å². The number of ketones is 1. The van der Waals surface area contributed by atoms with Gasteiger partial charge in [0.25, 0.3) is 0 Å². The van der Waals surface area contributed by atoms with Gasteiger partial charge in [0, 0.05) is 18.9 Å². The minimum absolute atomic E-state index is 0.191. The zero-order chi connectivity index (χ0) is 14.1. The van der Waals surface area contributed by atoms with Gasteiger partial charge in [-0.05, 0) is 6.42 Å². The summed E-state index contributed by atoms with van der Waals surface area (Å²) in [5.74, 6) is -0.191. The summed E-state index contributed by atoms with van der Waals surface area (Å²) in [6.45, 7) is 2.66. The largest absolute Gasteiger partial charge is 0.287 e. The van der Waals surface area contributed by atoms with Gasteiger partial charge in [-0.25, -0.2) is 4.52 Å². The zero-order valence-electron chi connectivity index (χ0n) is 10.8. The highest BCUT2D eigenvalue weighted by atomic mass is 35.5. The Bertz CT molecular complexity index is 776. The third-order valence-electron chi connectivity index (χ3n) is 3.01. The molecule has 0 aromatic carbocycles. The van der Waals surface area contributed by atoms with Crippen molar-refractivity contribution in [3.05, 3.63) is 47.3 Å². The molecular formula is C13H12ClN5O. The highest BCUT2D eigenvalue weighted by molar-refractivity contribution is 6.34. The number of aryl methyl sites for hydroxylation is 1. The first-order valence-electron chi connectivity index (χ1n) is 6.25. The van der Waals surface area contributed by atoms with Crippen LogP contribution < -0.4 is 0 Å². The van der Waals surface area contributed by atoms with Crippen molar-refractivity contribution < 1.29 is 4.79 Å². The van der Waals surface area contributed by atoms with Crippen molar-refractivity contribution in [1.82, 2.24) is 24.4 Å². The second-order valence-corrected chi connectivity index (χ2v) is 4.76. The van der Waals surface area contributed by atoms with E-state index in [1.807, 2.05) is 6.92 Å². The molecule has 3 rings (SSSR count). The Labute approximate surface area is 120 Å². The molecule has 0 radical (unpaired) electrons. The lowest BCUT2D eigenvalue weighted by atomic mass is 10.1. The SMILES string of the molecule is CCCn1ncc(Cl)c1C(=O)c1cnn2ccncc12. The van der Waals surface area contributed by atoms with Gasteiger partial charge in [-0.1, -0.05) is 18.5 Å². The maximum Gasteiger partial charge on any atom is 0.216 e. The molecule has 0 aliphatic carbocycles. The predicted octanol–water partition coefficient (Wildman–Crippen LogP) is 2.22. The molecule has 0 atom stereocenters. The van der Waals surface area contributed by atoms with E-state index in [1.165, 1.54) is 12.4 Å². The molecule has 0 N–H and O–H groups in total. The van der Waals surface area contributed by atoms with Crippen LogP contribution in [0, 0.1) is 0 Å². The maximum atomic E-state index is 12.7. The summed E-state index contributed by atoms with van der Waals surface area (Å²) in [6, 6.07) is 0. The summed E-state index contributed by atoms with van der Waals surface area (Å²) in [4.78, 5) is 16.7. The fraction of sp³-hybridized carbons (Fsp3) is 0.231. The van der Waals surface area contributed by atoms with Gasteiger partial charge in [0.1, 0.15) is 5.69 Å². The Morgan fingerprint density at radius 2 is 2.15 bits per heavy atom. The Morgan fingerprint density at radius 3 is 2.95 bits per heavy atom. The fourth-order valence-corrected chi connectivity index (χ4v) is 2.33. The van der Waals surface area contributed by atoms with Crippen LogP contribution >= 0.6 is 11.6 Å². The van der Waals surface area contributed by atoms with E-state index in [2.05, 4.69) is 15.2 Å². The third kappa shape index (κ3) is 1.98. The van der Waals surface area contributed by atoms with E-state index in [1.54, 1.807) is 27.8 Å². The minimum Gasteiger partial charge on any atom is -0.287 e. The molecule has 0 saturated heterocycles. The summed E-state index contributed by atoms with van der Waals surface area (Å²) < 4.78 is 3.24. The normalized spacial score (nSPS) is 11.1. The molecule has 7 heteroatoms. The molecule has 6 nitrogen and oxygen atoms in total. The van der Waals surface area contributed by atoms with Crippen LogP contribution in [0.15, 0.2) is 31.0 Å². The summed E-state index contributed by atoms with van der Waals surface area (Å²) in [7, 11) is 0. The summed E-state index contributed by atoms with van der Waals surface area (Å²) in [6.07, 6.45) is 8.80. The van der Waals surface area contributed by atoms with Gasteiger partial charge < -0.3 is 0 Å². The highest BCUT2D eigenvalue weighted by Gasteiger charge is 2.22. The fourth-order valence-electron chi connectivity index (χ4n) is 2.11. The number of fused-ring (bicyclic) bond motifs is 1. The van der Waals surface area contributed by atoms with Crippen molar-refractivity contribution in [2.24, 2.45) is 0 Å². The van der Waals surface area contributed by atoms with Crippen molar-refractivity contribution >= 4 is 22.9 Å². The van der Waals surface area contributed by atoms with Gasteiger partial charge in [0.15, 0.2) is 0 Å². The van der Waals surface area contributed by atoms with E-state index in [4.69, 9.17) is 11.6 Å². The molecular weight excluding hydrogens is 278 g/mol. The molecule has 20 heavy (non-hydrogen) atoms. The van der Waals surface area contributed by atoms with Crippen LogP contribution in [0.5, 0.6) is 0 Å². The second kappa shape index (κ2) is 5.05. The van der Waals surface area contributed by atoms with Crippen molar-refractivity contribution in [2.75, 3.05) is 0 Å². The first kappa shape index (κ1) is 12.8. The molecule has 0 saturated carbocycles. The Kier molecular flexibility index (Phi) is 3.23. The monoisotopic (exact) mass is 289 g/mol. The van der Waals surface area contributed by atoms with Crippen molar-refractivity contribution in [2.45, 2.75) is 19.9 Å². The average Bonchev–Trinajstić information content (AvgIpc) is 3.03. The first-order valence-corrected chi connectivity index (χ1v) is 6.63. The van der Waals surface area contributed by atoms with Gasteiger partial charge in [-0.3, -0.25) is 14.5 Å². The number of hydrogen-bond donors (Lipinski definition) is 0. The molecule has 0 amide bonds. The van der Waals surface area contributed by atoms with Crippen molar-refractivity contribution in [3.8, 4) is 0 Å². The first-order chi connectivity index (χ1) is 9.72. The van der Waals surface area contributed by atoms with E-state index in [-0.39, 0.29) is 5.78 Å². The van der Waals surface area contributed by atoms with Gasteiger partial charge in [0.05, 0.1) is 34.7 Å². The highest BCUT2D eigenvalue weighted by Crippen LogP contribution is 2.21. The number of carbonyl (C=O) groups is 1. The lowest BCUT2D eigenvalue weighted by Gasteiger charge is -2.05. The standard InChI is InChI=1S/C13H12ClN5O/c1-2-4-19-12(10(14)7-17-19)13(20)9-6-16-18-5-3-15-8-11(9)18/h3,5-8H,2,4H2,1H3. The molecule has 0 aliphatic heterocycles. The molecule has 3 aromatic heterocycles. The van der Waals surface area contributed by atoms with E-state index in [0.717, 1.165) is 6.42 Å². The van der Waals surface area contributed by atoms with Gasteiger partial charge in [0.2, 0.25) is 5.78 Å². The molecule has 0 spiro atoms. The van der Waals surface area contributed by atoms with Gasteiger partial charge >= 0.3 is 0 Å². The van der Waals surface area contributed by atoms with Gasteiger partial charge in [-0.15, -0.1) is 0 Å². The lowest BCUT2D eigenvalue weighted by molar-refractivity contribution is 0.103. The Hall–Kier alpha value is -2.21. The minimum atomic E-state index is -0.191. The number of carbonyl (C=O) groups excluding carboxylic acids is 1. The molecule has 0 fully saturated rings. The summed E-state index contributed by atoms with van der Waals surface area (Å²) >= 11 is 6.10. The smallest absolute Gasteiger partial charge is 0.216 e. The molecule has 0 unspecified atom stereocenters. The Morgan fingerprint density at radius 1 is 1.30 bits per heavy atom. The summed E-state index contributed by atoms with van der Waals surface area (Å²) in [5, 5.41) is 8.63. The number of hydrogen-bond acceptors (Lipinski definition) is 4. The molecule has 0 bridgehead atoms. The molecule has 3 heterocycles.